The Morgan fingerprint density at radius 3 is 2.00 bits per heavy atom. The molecule has 0 amide bonds. The first-order valence-corrected chi connectivity index (χ1v) is 12.7. The number of nitrogens with zero attached hydrogens (tertiary/aromatic N) is 3. The second kappa shape index (κ2) is 7.48. The molecule has 9 heteroatoms. The van der Waals surface area contributed by atoms with E-state index < -0.39 is 40.3 Å². The van der Waals surface area contributed by atoms with Crippen molar-refractivity contribution in [2.75, 3.05) is 26.5 Å². The molecule has 0 saturated heterocycles. The van der Waals surface area contributed by atoms with Crippen LogP contribution in [-0.2, 0) is 19.6 Å². The standard InChI is InChI=1S/C25H23N3O5S/c1-2-33-22(29)15-34(31,32)28-21-14-8-4-10-17(21)23-26-20-13-7-5-11-18(20)25(30)27(23)19-12-6-3-9-16(19)24(26)28/h3-14,23-25,30H,2,15H2,1H3. The van der Waals surface area contributed by atoms with Crippen LogP contribution in [0.25, 0.3) is 0 Å². The molecule has 3 aliphatic heterocycles. The summed E-state index contributed by atoms with van der Waals surface area (Å²) in [4.78, 5) is 16.3. The number of carbonyl (C=O) groups excluding carboxylic acids is 1. The Morgan fingerprint density at radius 1 is 0.824 bits per heavy atom. The van der Waals surface area contributed by atoms with E-state index in [1.165, 1.54) is 4.31 Å². The number of benzene rings is 3. The molecule has 3 unspecified atom stereocenters. The SMILES string of the molecule is CCOC(=O)CS(=O)(=O)N1c2ccccc2C2N3c4ccccc4C1N2c1ccccc1C3O. The van der Waals surface area contributed by atoms with E-state index in [9.17, 15) is 18.3 Å². The van der Waals surface area contributed by atoms with Crippen molar-refractivity contribution < 1.29 is 23.1 Å². The van der Waals surface area contributed by atoms with E-state index in [2.05, 4.69) is 0 Å². The number of sulfonamides is 1. The molecular formula is C25H23N3O5S. The van der Waals surface area contributed by atoms with E-state index in [1.807, 2.05) is 70.5 Å². The van der Waals surface area contributed by atoms with E-state index >= 15 is 0 Å². The molecule has 3 heterocycles. The molecule has 6 rings (SSSR count). The molecule has 0 spiro atoms. The molecule has 4 bridgehead atoms. The fraction of sp³-hybridized carbons (Fsp3) is 0.240. The van der Waals surface area contributed by atoms with Gasteiger partial charge in [0, 0.05) is 28.1 Å². The highest BCUT2D eigenvalue weighted by Gasteiger charge is 2.55. The van der Waals surface area contributed by atoms with Crippen LogP contribution in [0.1, 0.15) is 42.2 Å². The number of hydrogen-bond acceptors (Lipinski definition) is 7. The highest BCUT2D eigenvalue weighted by molar-refractivity contribution is 7.93. The quantitative estimate of drug-likeness (QED) is 0.576. The van der Waals surface area contributed by atoms with Crippen LogP contribution in [0.4, 0.5) is 17.1 Å². The second-order valence-corrected chi connectivity index (χ2v) is 10.3. The third-order valence-electron chi connectivity index (χ3n) is 6.62. The largest absolute Gasteiger partial charge is 0.465 e. The summed E-state index contributed by atoms with van der Waals surface area (Å²) in [6, 6.07) is 22.2. The van der Waals surface area contributed by atoms with Gasteiger partial charge in [-0.2, -0.15) is 0 Å². The van der Waals surface area contributed by atoms with Crippen molar-refractivity contribution in [3.05, 3.63) is 89.5 Å². The van der Waals surface area contributed by atoms with Gasteiger partial charge in [-0.25, -0.2) is 12.7 Å². The Balaban J connectivity index is 1.65. The number of aliphatic hydroxyl groups is 1. The topological polar surface area (TPSA) is 90.4 Å². The molecule has 1 N–H and O–H groups in total. The fourth-order valence-electron chi connectivity index (χ4n) is 5.41. The number of rotatable bonds is 4. The monoisotopic (exact) mass is 477 g/mol. The van der Waals surface area contributed by atoms with Crippen LogP contribution in [0.3, 0.4) is 0 Å². The van der Waals surface area contributed by atoms with E-state index in [4.69, 9.17) is 4.74 Å². The van der Waals surface area contributed by atoms with Gasteiger partial charge in [0.25, 0.3) is 0 Å². The molecule has 0 aliphatic carbocycles. The van der Waals surface area contributed by atoms with E-state index in [1.54, 1.807) is 19.1 Å². The van der Waals surface area contributed by atoms with Crippen LogP contribution in [0, 0.1) is 0 Å². The maximum Gasteiger partial charge on any atom is 0.323 e. The first-order valence-electron chi connectivity index (χ1n) is 11.1. The van der Waals surface area contributed by atoms with Crippen molar-refractivity contribution in [3.8, 4) is 0 Å². The van der Waals surface area contributed by atoms with Gasteiger partial charge in [-0.15, -0.1) is 0 Å². The van der Waals surface area contributed by atoms with E-state index in [-0.39, 0.29) is 6.61 Å². The predicted molar refractivity (Wildman–Crippen MR) is 128 cm³/mol. The normalized spacial score (nSPS) is 21.9. The molecule has 3 aromatic rings. The second-order valence-electron chi connectivity index (χ2n) is 8.47. The van der Waals surface area contributed by atoms with Crippen molar-refractivity contribution in [2.24, 2.45) is 0 Å². The molecule has 34 heavy (non-hydrogen) atoms. The molecule has 8 nitrogen and oxygen atoms in total. The maximum atomic E-state index is 13.8. The minimum atomic E-state index is -4.13. The Bertz CT molecular complexity index is 1410. The Kier molecular flexibility index (Phi) is 4.62. The summed E-state index contributed by atoms with van der Waals surface area (Å²) < 4.78 is 34.0. The minimum Gasteiger partial charge on any atom is -0.465 e. The lowest BCUT2D eigenvalue weighted by molar-refractivity contribution is -0.139. The summed E-state index contributed by atoms with van der Waals surface area (Å²) >= 11 is 0. The van der Waals surface area contributed by atoms with Gasteiger partial charge in [-0.1, -0.05) is 54.6 Å². The zero-order chi connectivity index (χ0) is 23.6. The first kappa shape index (κ1) is 21.0. The molecule has 174 valence electrons. The Hall–Kier alpha value is -3.56. The van der Waals surface area contributed by atoms with Gasteiger partial charge >= 0.3 is 5.97 Å². The molecule has 0 radical (unpaired) electrons. The van der Waals surface area contributed by atoms with Crippen molar-refractivity contribution in [1.29, 1.82) is 0 Å². The minimum absolute atomic E-state index is 0.103. The molecule has 3 atom stereocenters. The van der Waals surface area contributed by atoms with Crippen molar-refractivity contribution in [1.82, 2.24) is 0 Å². The summed E-state index contributed by atoms with van der Waals surface area (Å²) in [5.41, 5.74) is 4.15. The molecule has 3 aromatic carbocycles. The smallest absolute Gasteiger partial charge is 0.323 e. The summed E-state index contributed by atoms with van der Waals surface area (Å²) in [7, 11) is -4.13. The van der Waals surface area contributed by atoms with E-state index in [0.717, 1.165) is 22.5 Å². The highest BCUT2D eigenvalue weighted by atomic mass is 32.2. The van der Waals surface area contributed by atoms with Gasteiger partial charge in [0.1, 0.15) is 12.3 Å². The zero-order valence-corrected chi connectivity index (χ0v) is 19.2. The van der Waals surface area contributed by atoms with Gasteiger partial charge in [0.2, 0.25) is 10.0 Å². The summed E-state index contributed by atoms with van der Waals surface area (Å²) in [6.45, 7) is 1.75. The summed E-state index contributed by atoms with van der Waals surface area (Å²) in [6.07, 6.45) is -2.06. The van der Waals surface area contributed by atoms with Crippen molar-refractivity contribution in [3.63, 3.8) is 0 Å². The lowest BCUT2D eigenvalue weighted by Crippen LogP contribution is -2.61. The van der Waals surface area contributed by atoms with Crippen molar-refractivity contribution in [2.45, 2.75) is 25.5 Å². The summed E-state index contributed by atoms with van der Waals surface area (Å²) in [5.74, 6) is -1.55. The number of ether oxygens (including phenoxy) is 1. The third-order valence-corrected chi connectivity index (χ3v) is 8.22. The van der Waals surface area contributed by atoms with Gasteiger partial charge in [0.15, 0.2) is 12.0 Å². The lowest BCUT2D eigenvalue weighted by atomic mass is 9.89. The van der Waals surface area contributed by atoms with Gasteiger partial charge in [-0.3, -0.25) is 4.79 Å². The fourth-order valence-corrected chi connectivity index (χ4v) is 6.92. The average molecular weight is 478 g/mol. The predicted octanol–water partition coefficient (Wildman–Crippen LogP) is 3.43. The van der Waals surface area contributed by atoms with Gasteiger partial charge in [0.05, 0.1) is 12.3 Å². The molecule has 3 aliphatic rings. The number of carbonyl (C=O) groups is 1. The average Bonchev–Trinajstić information content (AvgIpc) is 2.83. The van der Waals surface area contributed by atoms with E-state index in [0.29, 0.717) is 11.3 Å². The third kappa shape index (κ3) is 2.80. The van der Waals surface area contributed by atoms with Crippen LogP contribution in [0.15, 0.2) is 72.8 Å². The Labute approximate surface area is 197 Å². The van der Waals surface area contributed by atoms with Gasteiger partial charge in [-0.05, 0) is 25.1 Å². The molecule has 0 aromatic heterocycles. The number of para-hydroxylation sites is 3. The highest BCUT2D eigenvalue weighted by Crippen LogP contribution is 2.60. The van der Waals surface area contributed by atoms with Crippen LogP contribution in [0.5, 0.6) is 0 Å². The maximum absolute atomic E-state index is 13.8. The summed E-state index contributed by atoms with van der Waals surface area (Å²) in [5, 5.41) is 11.5. The lowest BCUT2D eigenvalue weighted by Gasteiger charge is -2.61. The van der Waals surface area contributed by atoms with Crippen molar-refractivity contribution >= 4 is 33.1 Å². The van der Waals surface area contributed by atoms with Crippen LogP contribution in [-0.4, -0.2) is 31.9 Å². The number of hydrogen-bond donors (Lipinski definition) is 1. The van der Waals surface area contributed by atoms with Gasteiger partial charge < -0.3 is 19.6 Å². The molecule has 0 saturated carbocycles. The molecule has 0 fully saturated rings. The van der Waals surface area contributed by atoms with Crippen LogP contribution < -0.4 is 14.1 Å². The number of fused-ring (bicyclic) bond motifs is 5. The molecular weight excluding hydrogens is 454 g/mol. The first-order chi connectivity index (χ1) is 16.4. The Morgan fingerprint density at radius 2 is 1.35 bits per heavy atom. The number of esters is 1. The zero-order valence-electron chi connectivity index (χ0n) is 18.4. The van der Waals surface area contributed by atoms with Crippen LogP contribution >= 0.6 is 0 Å². The number of aliphatic hydroxyl groups excluding tert-OH is 1. The number of anilines is 3. The van der Waals surface area contributed by atoms with Crippen LogP contribution in [0.2, 0.25) is 0 Å².